The van der Waals surface area contributed by atoms with E-state index in [1.807, 2.05) is 4.90 Å². The van der Waals surface area contributed by atoms with E-state index in [0.717, 1.165) is 19.6 Å². The molecule has 0 aliphatic carbocycles. The van der Waals surface area contributed by atoms with Crippen LogP contribution >= 0.6 is 0 Å². The van der Waals surface area contributed by atoms with Gasteiger partial charge >= 0.3 is 0 Å². The third kappa shape index (κ3) is 1.87. The van der Waals surface area contributed by atoms with Crippen LogP contribution in [-0.4, -0.2) is 46.3 Å². The van der Waals surface area contributed by atoms with Gasteiger partial charge in [-0.3, -0.25) is 9.48 Å². The maximum Gasteiger partial charge on any atom is 0.272 e. The molecular formula is C10H16N4O. The third-order valence-corrected chi connectivity index (χ3v) is 2.80. The van der Waals surface area contributed by atoms with Gasteiger partial charge in [0.05, 0.1) is 0 Å². The predicted octanol–water partition coefficient (Wildman–Crippen LogP) is -0.146. The van der Waals surface area contributed by atoms with Gasteiger partial charge in [-0.15, -0.1) is 0 Å². The molecule has 1 aliphatic heterocycles. The van der Waals surface area contributed by atoms with E-state index >= 15 is 0 Å². The van der Waals surface area contributed by atoms with Gasteiger partial charge in [0.15, 0.2) is 0 Å². The fourth-order valence-corrected chi connectivity index (χ4v) is 1.87. The Balaban J connectivity index is 2.17. The van der Waals surface area contributed by atoms with Crippen LogP contribution in [0.25, 0.3) is 0 Å². The third-order valence-electron chi connectivity index (χ3n) is 2.80. The van der Waals surface area contributed by atoms with Crippen molar-refractivity contribution in [2.45, 2.75) is 13.0 Å². The normalized spacial score (nSPS) is 21.7. The number of hydrogen-bond donors (Lipinski definition) is 1. The molecule has 1 aliphatic rings. The molecule has 2 heterocycles. The summed E-state index contributed by atoms with van der Waals surface area (Å²) in [7, 11) is 1.79. The van der Waals surface area contributed by atoms with Crippen LogP contribution in [-0.2, 0) is 7.05 Å². The Kier molecular flexibility index (Phi) is 2.73. The molecular weight excluding hydrogens is 192 g/mol. The van der Waals surface area contributed by atoms with Crippen LogP contribution in [0, 0.1) is 0 Å². The molecule has 1 aromatic heterocycles. The van der Waals surface area contributed by atoms with Crippen molar-refractivity contribution in [3.63, 3.8) is 0 Å². The first-order chi connectivity index (χ1) is 7.20. The van der Waals surface area contributed by atoms with Crippen molar-refractivity contribution < 1.29 is 4.79 Å². The smallest absolute Gasteiger partial charge is 0.272 e. The van der Waals surface area contributed by atoms with E-state index in [2.05, 4.69) is 17.3 Å². The molecule has 5 nitrogen and oxygen atoms in total. The molecule has 0 aromatic carbocycles. The molecule has 1 N–H and O–H groups in total. The zero-order valence-electron chi connectivity index (χ0n) is 9.10. The van der Waals surface area contributed by atoms with E-state index in [9.17, 15) is 4.79 Å². The van der Waals surface area contributed by atoms with Gasteiger partial charge in [0, 0.05) is 38.9 Å². The summed E-state index contributed by atoms with van der Waals surface area (Å²) in [6.45, 7) is 4.56. The maximum atomic E-state index is 12.1. The average Bonchev–Trinajstić information content (AvgIpc) is 2.64. The van der Waals surface area contributed by atoms with E-state index in [0.29, 0.717) is 5.69 Å². The van der Waals surface area contributed by atoms with Gasteiger partial charge in [0.25, 0.3) is 5.91 Å². The quantitative estimate of drug-likeness (QED) is 0.698. The van der Waals surface area contributed by atoms with E-state index in [1.54, 1.807) is 24.0 Å². The summed E-state index contributed by atoms with van der Waals surface area (Å²) >= 11 is 0. The Hall–Kier alpha value is -1.36. The van der Waals surface area contributed by atoms with Gasteiger partial charge in [-0.05, 0) is 13.0 Å². The van der Waals surface area contributed by atoms with Crippen LogP contribution in [0.1, 0.15) is 17.4 Å². The number of piperazine rings is 1. The molecule has 0 saturated carbocycles. The summed E-state index contributed by atoms with van der Waals surface area (Å²) in [5, 5.41) is 7.27. The van der Waals surface area contributed by atoms with Gasteiger partial charge in [-0.25, -0.2) is 0 Å². The molecule has 1 amide bonds. The topological polar surface area (TPSA) is 50.2 Å². The SMILES string of the molecule is C[C@@H]1CNCCN1C(=O)c1ccnn1C. The van der Waals surface area contributed by atoms with Crippen molar-refractivity contribution in [1.82, 2.24) is 20.0 Å². The Labute approximate surface area is 89.1 Å². The van der Waals surface area contributed by atoms with Crippen molar-refractivity contribution >= 4 is 5.91 Å². The number of hydrogen-bond acceptors (Lipinski definition) is 3. The molecule has 82 valence electrons. The van der Waals surface area contributed by atoms with Gasteiger partial charge in [0.1, 0.15) is 5.69 Å². The van der Waals surface area contributed by atoms with Gasteiger partial charge < -0.3 is 10.2 Å². The van der Waals surface area contributed by atoms with Gasteiger partial charge in [0.2, 0.25) is 0 Å². The summed E-state index contributed by atoms with van der Waals surface area (Å²) in [6, 6.07) is 2.01. The highest BCUT2D eigenvalue weighted by Crippen LogP contribution is 2.09. The van der Waals surface area contributed by atoms with E-state index in [-0.39, 0.29) is 11.9 Å². The molecule has 1 saturated heterocycles. The molecule has 2 rings (SSSR count). The Morgan fingerprint density at radius 3 is 3.07 bits per heavy atom. The summed E-state index contributed by atoms with van der Waals surface area (Å²) in [4.78, 5) is 14.0. The molecule has 0 spiro atoms. The molecule has 0 bridgehead atoms. The van der Waals surface area contributed by atoms with Crippen LogP contribution < -0.4 is 5.32 Å². The minimum atomic E-state index is 0.0731. The number of aryl methyl sites for hydroxylation is 1. The summed E-state index contributed by atoms with van der Waals surface area (Å²) in [6.07, 6.45) is 1.65. The second kappa shape index (κ2) is 4.02. The number of carbonyl (C=O) groups excluding carboxylic acids is 1. The average molecular weight is 208 g/mol. The number of amides is 1. The fourth-order valence-electron chi connectivity index (χ4n) is 1.87. The number of rotatable bonds is 1. The molecule has 1 atom stereocenters. The highest BCUT2D eigenvalue weighted by molar-refractivity contribution is 5.92. The number of nitrogens with zero attached hydrogens (tertiary/aromatic N) is 3. The lowest BCUT2D eigenvalue weighted by Crippen LogP contribution is -2.52. The molecule has 1 fully saturated rings. The number of nitrogens with one attached hydrogen (secondary N) is 1. The van der Waals surface area contributed by atoms with E-state index in [4.69, 9.17) is 0 Å². The first kappa shape index (κ1) is 10.2. The maximum absolute atomic E-state index is 12.1. The molecule has 0 unspecified atom stereocenters. The van der Waals surface area contributed by atoms with Crippen molar-refractivity contribution in [1.29, 1.82) is 0 Å². The summed E-state index contributed by atoms with van der Waals surface area (Å²) in [5.74, 6) is 0.0731. The first-order valence-electron chi connectivity index (χ1n) is 5.20. The van der Waals surface area contributed by atoms with Crippen LogP contribution in [0.2, 0.25) is 0 Å². The van der Waals surface area contributed by atoms with Crippen molar-refractivity contribution in [3.05, 3.63) is 18.0 Å². The van der Waals surface area contributed by atoms with Crippen LogP contribution in [0.5, 0.6) is 0 Å². The highest BCUT2D eigenvalue weighted by Gasteiger charge is 2.25. The minimum absolute atomic E-state index is 0.0731. The Morgan fingerprint density at radius 1 is 1.67 bits per heavy atom. The van der Waals surface area contributed by atoms with Crippen LogP contribution in [0.4, 0.5) is 0 Å². The molecule has 15 heavy (non-hydrogen) atoms. The Bertz CT molecular complexity index is 360. The zero-order valence-corrected chi connectivity index (χ0v) is 9.10. The summed E-state index contributed by atoms with van der Waals surface area (Å²) in [5.41, 5.74) is 0.656. The standard InChI is InChI=1S/C10H16N4O/c1-8-7-11-5-6-14(8)10(15)9-3-4-12-13(9)2/h3-4,8,11H,5-7H2,1-2H3/t8-/m1/s1. The lowest BCUT2D eigenvalue weighted by molar-refractivity contribution is 0.0644. The molecule has 5 heteroatoms. The van der Waals surface area contributed by atoms with Gasteiger partial charge in [-0.1, -0.05) is 0 Å². The zero-order chi connectivity index (χ0) is 10.8. The minimum Gasteiger partial charge on any atom is -0.332 e. The second-order valence-electron chi connectivity index (χ2n) is 3.89. The van der Waals surface area contributed by atoms with Crippen molar-refractivity contribution in [2.24, 2.45) is 7.05 Å². The lowest BCUT2D eigenvalue weighted by atomic mass is 10.2. The molecule has 1 aromatic rings. The largest absolute Gasteiger partial charge is 0.332 e. The fraction of sp³-hybridized carbons (Fsp3) is 0.600. The molecule has 0 radical (unpaired) electrons. The van der Waals surface area contributed by atoms with Crippen LogP contribution in [0.3, 0.4) is 0 Å². The van der Waals surface area contributed by atoms with Crippen molar-refractivity contribution in [3.8, 4) is 0 Å². The van der Waals surface area contributed by atoms with Crippen molar-refractivity contribution in [2.75, 3.05) is 19.6 Å². The van der Waals surface area contributed by atoms with Crippen LogP contribution in [0.15, 0.2) is 12.3 Å². The predicted molar refractivity (Wildman–Crippen MR) is 56.6 cm³/mol. The number of carbonyl (C=O) groups is 1. The first-order valence-corrected chi connectivity index (χ1v) is 5.20. The van der Waals surface area contributed by atoms with E-state index in [1.165, 1.54) is 0 Å². The highest BCUT2D eigenvalue weighted by atomic mass is 16.2. The van der Waals surface area contributed by atoms with Gasteiger partial charge in [-0.2, -0.15) is 5.10 Å². The summed E-state index contributed by atoms with van der Waals surface area (Å²) < 4.78 is 1.62. The number of aromatic nitrogens is 2. The van der Waals surface area contributed by atoms with E-state index < -0.39 is 0 Å². The lowest BCUT2D eigenvalue weighted by Gasteiger charge is -2.33. The second-order valence-corrected chi connectivity index (χ2v) is 3.89. The monoisotopic (exact) mass is 208 g/mol. The Morgan fingerprint density at radius 2 is 2.47 bits per heavy atom.